The minimum absolute atomic E-state index is 0.0914. The highest BCUT2D eigenvalue weighted by Gasteiger charge is 2.33. The van der Waals surface area contributed by atoms with Crippen molar-refractivity contribution in [1.82, 2.24) is 4.98 Å². The number of rotatable bonds is 5. The first kappa shape index (κ1) is 16.2. The van der Waals surface area contributed by atoms with Crippen LogP contribution in [0.5, 0.6) is 5.88 Å². The average molecular weight is 296 g/mol. The first-order valence-electron chi connectivity index (χ1n) is 5.56. The van der Waals surface area contributed by atoms with Gasteiger partial charge in [0.1, 0.15) is 5.82 Å². The lowest BCUT2D eigenvalue weighted by atomic mass is 10.2. The van der Waals surface area contributed by atoms with Gasteiger partial charge in [-0.1, -0.05) is 0 Å². The molecule has 0 unspecified atom stereocenters. The molecule has 0 fully saturated rings. The molecule has 1 rings (SSSR count). The Balaban J connectivity index is 3.07. The Bertz CT molecular complexity index is 491. The van der Waals surface area contributed by atoms with E-state index < -0.39 is 42.6 Å². The predicted molar refractivity (Wildman–Crippen MR) is 59.1 cm³/mol. The lowest BCUT2D eigenvalue weighted by Crippen LogP contribution is -2.21. The Labute approximate surface area is 111 Å². The van der Waals surface area contributed by atoms with Crippen LogP contribution in [0.4, 0.5) is 17.6 Å². The molecule has 20 heavy (non-hydrogen) atoms. The highest BCUT2D eigenvalue weighted by molar-refractivity contribution is 5.72. The zero-order chi connectivity index (χ0) is 15.3. The van der Waals surface area contributed by atoms with Crippen molar-refractivity contribution in [3.8, 4) is 5.88 Å². The van der Waals surface area contributed by atoms with Crippen LogP contribution in [0.25, 0.3) is 0 Å². The van der Waals surface area contributed by atoms with Crippen LogP contribution in [0.15, 0.2) is 6.07 Å². The summed E-state index contributed by atoms with van der Waals surface area (Å²) in [5.74, 6) is -2.77. The van der Waals surface area contributed by atoms with Gasteiger partial charge in [-0.3, -0.25) is 4.79 Å². The molecular weight excluding hydrogens is 284 g/mol. The molecule has 1 heterocycles. The minimum Gasteiger partial charge on any atom is -0.466 e. The normalized spacial score (nSPS) is 11.3. The van der Waals surface area contributed by atoms with E-state index in [-0.39, 0.29) is 12.3 Å². The van der Waals surface area contributed by atoms with Gasteiger partial charge in [-0.25, -0.2) is 9.37 Å². The van der Waals surface area contributed by atoms with Gasteiger partial charge in [0.15, 0.2) is 0 Å². The molecular formula is C11H12F4N2O3. The second kappa shape index (κ2) is 6.51. The van der Waals surface area contributed by atoms with E-state index in [0.29, 0.717) is 0 Å². The quantitative estimate of drug-likeness (QED) is 0.661. The fourth-order valence-electron chi connectivity index (χ4n) is 1.40. The molecule has 1 aromatic rings. The number of ether oxygens (including phenoxy) is 2. The molecule has 1 aromatic heterocycles. The summed E-state index contributed by atoms with van der Waals surface area (Å²) < 4.78 is 58.4. The van der Waals surface area contributed by atoms with Gasteiger partial charge in [0.2, 0.25) is 5.88 Å². The number of aromatic nitrogens is 1. The van der Waals surface area contributed by atoms with Crippen LogP contribution in [-0.2, 0) is 22.5 Å². The van der Waals surface area contributed by atoms with Crippen molar-refractivity contribution in [2.24, 2.45) is 5.73 Å². The van der Waals surface area contributed by atoms with E-state index in [1.54, 1.807) is 6.92 Å². The summed E-state index contributed by atoms with van der Waals surface area (Å²) in [4.78, 5) is 14.7. The fraction of sp³-hybridized carbons (Fsp3) is 0.455. The summed E-state index contributed by atoms with van der Waals surface area (Å²) in [5, 5.41) is 0. The van der Waals surface area contributed by atoms with Crippen molar-refractivity contribution in [3.05, 3.63) is 23.1 Å². The van der Waals surface area contributed by atoms with Crippen molar-refractivity contribution in [1.29, 1.82) is 0 Å². The van der Waals surface area contributed by atoms with Crippen LogP contribution in [0.1, 0.15) is 18.2 Å². The minimum atomic E-state index is -5.04. The molecule has 2 N–H and O–H groups in total. The SMILES string of the molecule is CCOC(=O)Cc1cc(F)c(CN)c(OC(F)(F)F)n1. The largest absolute Gasteiger partial charge is 0.574 e. The van der Waals surface area contributed by atoms with Crippen LogP contribution in [0.2, 0.25) is 0 Å². The molecule has 0 aliphatic rings. The summed E-state index contributed by atoms with van der Waals surface area (Å²) in [6.45, 7) is 1.12. The number of pyridine rings is 1. The third-order valence-electron chi connectivity index (χ3n) is 2.13. The number of halogens is 4. The Morgan fingerprint density at radius 1 is 1.45 bits per heavy atom. The average Bonchev–Trinajstić information content (AvgIpc) is 2.26. The third kappa shape index (κ3) is 4.65. The van der Waals surface area contributed by atoms with Crippen LogP contribution in [0, 0.1) is 5.82 Å². The van der Waals surface area contributed by atoms with Crippen LogP contribution in [-0.4, -0.2) is 23.9 Å². The molecule has 9 heteroatoms. The number of esters is 1. The molecule has 0 aliphatic carbocycles. The van der Waals surface area contributed by atoms with Crippen molar-refractivity contribution in [2.75, 3.05) is 6.61 Å². The lowest BCUT2D eigenvalue weighted by Gasteiger charge is -2.13. The summed E-state index contributed by atoms with van der Waals surface area (Å²) >= 11 is 0. The van der Waals surface area contributed by atoms with E-state index in [1.807, 2.05) is 0 Å². The summed E-state index contributed by atoms with van der Waals surface area (Å²) in [6.07, 6.45) is -5.50. The number of carbonyl (C=O) groups excluding carboxylic acids is 1. The molecule has 0 amide bonds. The predicted octanol–water partition coefficient (Wildman–Crippen LogP) is 1.68. The number of hydrogen-bond acceptors (Lipinski definition) is 5. The molecule has 0 aromatic carbocycles. The smallest absolute Gasteiger partial charge is 0.466 e. The number of hydrogen-bond donors (Lipinski definition) is 1. The number of carbonyl (C=O) groups is 1. The van der Waals surface area contributed by atoms with E-state index in [0.717, 1.165) is 6.07 Å². The van der Waals surface area contributed by atoms with Gasteiger partial charge in [-0.15, -0.1) is 13.2 Å². The fourth-order valence-corrected chi connectivity index (χ4v) is 1.40. The Morgan fingerprint density at radius 3 is 2.60 bits per heavy atom. The maximum Gasteiger partial charge on any atom is 0.574 e. The Morgan fingerprint density at radius 2 is 2.10 bits per heavy atom. The first-order chi connectivity index (χ1) is 9.26. The summed E-state index contributed by atoms with van der Waals surface area (Å²) in [5.41, 5.74) is 4.39. The molecule has 0 radical (unpaired) electrons. The van der Waals surface area contributed by atoms with Gasteiger partial charge in [0.25, 0.3) is 0 Å². The molecule has 0 bridgehead atoms. The number of nitrogens with two attached hydrogens (primary N) is 1. The molecule has 0 spiro atoms. The van der Waals surface area contributed by atoms with Crippen molar-refractivity contribution in [2.45, 2.75) is 26.3 Å². The maximum absolute atomic E-state index is 13.6. The topological polar surface area (TPSA) is 74.4 Å². The second-order valence-corrected chi connectivity index (χ2v) is 3.61. The maximum atomic E-state index is 13.6. The summed E-state index contributed by atoms with van der Waals surface area (Å²) in [6, 6.07) is 0.822. The van der Waals surface area contributed by atoms with E-state index in [2.05, 4.69) is 14.5 Å². The monoisotopic (exact) mass is 296 g/mol. The molecule has 5 nitrogen and oxygen atoms in total. The second-order valence-electron chi connectivity index (χ2n) is 3.61. The molecule has 0 saturated heterocycles. The van der Waals surface area contributed by atoms with Gasteiger partial charge >= 0.3 is 12.3 Å². The van der Waals surface area contributed by atoms with E-state index >= 15 is 0 Å². The van der Waals surface area contributed by atoms with E-state index in [1.165, 1.54) is 0 Å². The van der Waals surface area contributed by atoms with E-state index in [9.17, 15) is 22.4 Å². The van der Waals surface area contributed by atoms with Gasteiger partial charge in [0.05, 0.1) is 24.3 Å². The van der Waals surface area contributed by atoms with Crippen molar-refractivity contribution < 1.29 is 31.8 Å². The van der Waals surface area contributed by atoms with E-state index in [4.69, 9.17) is 5.73 Å². The van der Waals surface area contributed by atoms with Crippen LogP contribution >= 0.6 is 0 Å². The standard InChI is InChI=1S/C11H12F4N2O3/c1-2-19-9(18)4-6-3-8(12)7(5-16)10(17-6)20-11(13,14)15/h3H,2,4-5,16H2,1H3. The highest BCUT2D eigenvalue weighted by atomic mass is 19.4. The molecule has 0 aliphatic heterocycles. The van der Waals surface area contributed by atoms with Crippen LogP contribution < -0.4 is 10.5 Å². The first-order valence-corrected chi connectivity index (χ1v) is 5.56. The van der Waals surface area contributed by atoms with Gasteiger partial charge in [-0.2, -0.15) is 0 Å². The van der Waals surface area contributed by atoms with Gasteiger partial charge < -0.3 is 15.2 Å². The van der Waals surface area contributed by atoms with Gasteiger partial charge in [-0.05, 0) is 13.0 Å². The summed E-state index contributed by atoms with van der Waals surface area (Å²) in [7, 11) is 0. The van der Waals surface area contributed by atoms with Crippen LogP contribution in [0.3, 0.4) is 0 Å². The molecule has 0 saturated carbocycles. The zero-order valence-electron chi connectivity index (χ0n) is 10.5. The Kier molecular flexibility index (Phi) is 5.26. The van der Waals surface area contributed by atoms with Gasteiger partial charge in [0, 0.05) is 6.54 Å². The Hall–Kier alpha value is -1.90. The number of alkyl halides is 3. The number of nitrogens with zero attached hydrogens (tertiary/aromatic N) is 1. The van der Waals surface area contributed by atoms with Crippen molar-refractivity contribution >= 4 is 5.97 Å². The molecule has 112 valence electrons. The highest BCUT2D eigenvalue weighted by Crippen LogP contribution is 2.26. The van der Waals surface area contributed by atoms with Crippen molar-refractivity contribution in [3.63, 3.8) is 0 Å². The zero-order valence-corrected chi connectivity index (χ0v) is 10.5. The lowest BCUT2D eigenvalue weighted by molar-refractivity contribution is -0.276. The third-order valence-corrected chi connectivity index (χ3v) is 2.13. The molecule has 0 atom stereocenters.